The first-order valence-corrected chi connectivity index (χ1v) is 8.11. The highest BCUT2D eigenvalue weighted by atomic mass is 35.5. The van der Waals surface area contributed by atoms with Gasteiger partial charge in [-0.15, -0.1) is 0 Å². The minimum Gasteiger partial charge on any atom is -0.496 e. The van der Waals surface area contributed by atoms with Gasteiger partial charge >= 0.3 is 11.6 Å². The summed E-state index contributed by atoms with van der Waals surface area (Å²) in [4.78, 5) is 24.5. The van der Waals surface area contributed by atoms with E-state index >= 15 is 0 Å². The maximum absolute atomic E-state index is 12.4. The van der Waals surface area contributed by atoms with E-state index in [1.165, 1.54) is 25.3 Å². The second-order valence-corrected chi connectivity index (χ2v) is 5.81. The molecule has 0 aliphatic heterocycles. The van der Waals surface area contributed by atoms with E-state index in [0.717, 1.165) is 5.39 Å². The summed E-state index contributed by atoms with van der Waals surface area (Å²) in [5, 5.41) is 0.963. The number of para-hydroxylation sites is 1. The Morgan fingerprint density at radius 3 is 2.73 bits per heavy atom. The predicted octanol–water partition coefficient (Wildman–Crippen LogP) is 4.46. The summed E-state index contributed by atoms with van der Waals surface area (Å²) in [6, 6.07) is 11.8. The van der Waals surface area contributed by atoms with Gasteiger partial charge < -0.3 is 13.9 Å². The van der Waals surface area contributed by atoms with Crippen LogP contribution in [0.5, 0.6) is 5.75 Å². The molecule has 0 bridgehead atoms. The molecule has 1 heterocycles. The van der Waals surface area contributed by atoms with E-state index in [9.17, 15) is 9.59 Å². The van der Waals surface area contributed by atoms with Crippen LogP contribution in [0.15, 0.2) is 64.3 Å². The molecule has 0 aliphatic carbocycles. The number of hydrogen-bond acceptors (Lipinski definition) is 5. The topological polar surface area (TPSA) is 65.7 Å². The highest BCUT2D eigenvalue weighted by Gasteiger charge is 2.19. The first kappa shape index (κ1) is 17.8. The van der Waals surface area contributed by atoms with Gasteiger partial charge in [0.15, 0.2) is 0 Å². The maximum atomic E-state index is 12.4. The summed E-state index contributed by atoms with van der Waals surface area (Å²) >= 11 is 6.33. The van der Waals surface area contributed by atoms with Gasteiger partial charge in [-0.05, 0) is 24.3 Å². The van der Waals surface area contributed by atoms with E-state index < -0.39 is 11.6 Å². The third kappa shape index (κ3) is 3.34. The van der Waals surface area contributed by atoms with Crippen LogP contribution in [-0.4, -0.2) is 19.7 Å². The van der Waals surface area contributed by atoms with Crippen molar-refractivity contribution >= 4 is 28.5 Å². The number of carbonyl (C=O) groups is 1. The minimum absolute atomic E-state index is 0.0651. The Bertz CT molecular complexity index is 1050. The summed E-state index contributed by atoms with van der Waals surface area (Å²) in [6.45, 7) is 3.56. The first-order valence-electron chi connectivity index (χ1n) is 7.74. The quantitative estimate of drug-likeness (QED) is 0.377. The molecule has 0 fully saturated rings. The molecule has 0 unspecified atom stereocenters. The largest absolute Gasteiger partial charge is 0.496 e. The highest BCUT2D eigenvalue weighted by molar-refractivity contribution is 6.33. The number of rotatable bonds is 5. The van der Waals surface area contributed by atoms with Crippen molar-refractivity contribution < 1.29 is 18.7 Å². The first-order chi connectivity index (χ1) is 12.5. The van der Waals surface area contributed by atoms with Crippen molar-refractivity contribution in [2.45, 2.75) is 0 Å². The Hall–Kier alpha value is -3.05. The Morgan fingerprint density at radius 2 is 2.00 bits per heavy atom. The van der Waals surface area contributed by atoms with Gasteiger partial charge in [0.25, 0.3) is 0 Å². The van der Waals surface area contributed by atoms with Gasteiger partial charge in [0.2, 0.25) is 0 Å². The molecule has 26 heavy (non-hydrogen) atoms. The maximum Gasteiger partial charge on any atom is 0.344 e. The van der Waals surface area contributed by atoms with E-state index in [-0.39, 0.29) is 28.5 Å². The summed E-state index contributed by atoms with van der Waals surface area (Å²) in [7, 11) is 1.42. The molecule has 0 saturated carbocycles. The normalized spacial score (nSPS) is 10.5. The lowest BCUT2D eigenvalue weighted by atomic mass is 10.0. The van der Waals surface area contributed by atoms with Crippen LogP contribution < -0.4 is 10.4 Å². The zero-order chi connectivity index (χ0) is 18.7. The molecule has 0 atom stereocenters. The fourth-order valence-corrected chi connectivity index (χ4v) is 2.82. The van der Waals surface area contributed by atoms with Crippen LogP contribution >= 0.6 is 11.6 Å². The molecule has 0 N–H and O–H groups in total. The van der Waals surface area contributed by atoms with E-state index in [1.54, 1.807) is 18.2 Å². The molecule has 0 radical (unpaired) electrons. The standard InChI is InChI=1S/C20H15ClO5/c1-3-8-25-19(22)15-10-16(21)13(11-18(15)24-2)14-9-12-6-4-5-7-17(12)26-20(14)23/h3-7,9-11H,1,8H2,2H3. The molecular formula is C20H15ClO5. The third-order valence-corrected chi connectivity index (χ3v) is 4.09. The smallest absolute Gasteiger partial charge is 0.344 e. The van der Waals surface area contributed by atoms with Crippen LogP contribution in [0.2, 0.25) is 5.02 Å². The van der Waals surface area contributed by atoms with Crippen molar-refractivity contribution in [3.63, 3.8) is 0 Å². The van der Waals surface area contributed by atoms with E-state index in [4.69, 9.17) is 25.5 Å². The Labute approximate surface area is 154 Å². The van der Waals surface area contributed by atoms with Crippen molar-refractivity contribution in [3.05, 3.63) is 76.1 Å². The number of benzene rings is 2. The Kier molecular flexibility index (Phi) is 5.09. The van der Waals surface area contributed by atoms with Crippen molar-refractivity contribution in [2.24, 2.45) is 0 Å². The average molecular weight is 371 g/mol. The summed E-state index contributed by atoms with van der Waals surface area (Å²) < 4.78 is 15.6. The van der Waals surface area contributed by atoms with Gasteiger partial charge in [-0.3, -0.25) is 0 Å². The molecule has 2 aromatic carbocycles. The van der Waals surface area contributed by atoms with Crippen LogP contribution in [0.3, 0.4) is 0 Å². The summed E-state index contributed by atoms with van der Waals surface area (Å²) in [6.07, 6.45) is 1.46. The van der Waals surface area contributed by atoms with E-state index in [2.05, 4.69) is 6.58 Å². The molecule has 6 heteroatoms. The molecule has 3 rings (SSSR count). The number of methoxy groups -OCH3 is 1. The number of hydrogen-bond donors (Lipinski definition) is 0. The monoisotopic (exact) mass is 370 g/mol. The van der Waals surface area contributed by atoms with Crippen LogP contribution in [0.1, 0.15) is 10.4 Å². The van der Waals surface area contributed by atoms with Gasteiger partial charge in [-0.25, -0.2) is 9.59 Å². The lowest BCUT2D eigenvalue weighted by molar-refractivity contribution is 0.0546. The molecule has 5 nitrogen and oxygen atoms in total. The summed E-state index contributed by atoms with van der Waals surface area (Å²) in [5.41, 5.74) is 0.790. The average Bonchev–Trinajstić information content (AvgIpc) is 2.65. The molecule has 132 valence electrons. The van der Waals surface area contributed by atoms with Crippen molar-refractivity contribution in [1.82, 2.24) is 0 Å². The predicted molar refractivity (Wildman–Crippen MR) is 100.0 cm³/mol. The van der Waals surface area contributed by atoms with Crippen LogP contribution in [0.4, 0.5) is 0 Å². The molecule has 0 amide bonds. The van der Waals surface area contributed by atoms with Gasteiger partial charge in [0, 0.05) is 16.0 Å². The van der Waals surface area contributed by atoms with Crippen molar-refractivity contribution in [1.29, 1.82) is 0 Å². The molecule has 3 aromatic rings. The highest BCUT2D eigenvalue weighted by Crippen LogP contribution is 2.34. The van der Waals surface area contributed by atoms with E-state index in [1.807, 2.05) is 12.1 Å². The number of ether oxygens (including phenoxy) is 2. The van der Waals surface area contributed by atoms with E-state index in [0.29, 0.717) is 11.1 Å². The van der Waals surface area contributed by atoms with Crippen LogP contribution in [0, 0.1) is 0 Å². The van der Waals surface area contributed by atoms with Gasteiger partial charge in [-0.2, -0.15) is 0 Å². The Morgan fingerprint density at radius 1 is 1.23 bits per heavy atom. The minimum atomic E-state index is -0.597. The number of fused-ring (bicyclic) bond motifs is 1. The molecule has 0 aliphatic rings. The second-order valence-electron chi connectivity index (χ2n) is 5.40. The Balaban J connectivity index is 2.14. The molecule has 1 aromatic heterocycles. The molecule has 0 spiro atoms. The SMILES string of the molecule is C=CCOC(=O)c1cc(Cl)c(-c2cc3ccccc3oc2=O)cc1OC. The van der Waals surface area contributed by atoms with Gasteiger partial charge in [0.05, 0.1) is 12.7 Å². The number of esters is 1. The van der Waals surface area contributed by atoms with Gasteiger partial charge in [0.1, 0.15) is 23.5 Å². The van der Waals surface area contributed by atoms with Crippen LogP contribution in [-0.2, 0) is 4.74 Å². The fraction of sp³-hybridized carbons (Fsp3) is 0.100. The van der Waals surface area contributed by atoms with Crippen LogP contribution in [0.25, 0.3) is 22.1 Å². The van der Waals surface area contributed by atoms with Crippen molar-refractivity contribution in [2.75, 3.05) is 13.7 Å². The zero-order valence-corrected chi connectivity index (χ0v) is 14.7. The zero-order valence-electron chi connectivity index (χ0n) is 14.0. The molecule has 0 saturated heterocycles. The third-order valence-electron chi connectivity index (χ3n) is 3.77. The summed E-state index contributed by atoms with van der Waals surface area (Å²) in [5.74, 6) is -0.355. The second kappa shape index (κ2) is 7.45. The number of halogens is 1. The number of carbonyl (C=O) groups excluding carboxylic acids is 1. The van der Waals surface area contributed by atoms with Crippen molar-refractivity contribution in [3.8, 4) is 16.9 Å². The lowest BCUT2D eigenvalue weighted by Gasteiger charge is -2.12. The molecular weight excluding hydrogens is 356 g/mol. The fourth-order valence-electron chi connectivity index (χ4n) is 2.55. The lowest BCUT2D eigenvalue weighted by Crippen LogP contribution is -2.09. The van der Waals surface area contributed by atoms with Gasteiger partial charge in [-0.1, -0.05) is 42.5 Å².